The second-order valence-corrected chi connectivity index (χ2v) is 6.92. The molecule has 0 fully saturated rings. The van der Waals surface area contributed by atoms with E-state index >= 15 is 0 Å². The van der Waals surface area contributed by atoms with Gasteiger partial charge in [-0.1, -0.05) is 0 Å². The molecule has 1 aliphatic heterocycles. The first-order chi connectivity index (χ1) is 14.3. The van der Waals surface area contributed by atoms with Crippen LogP contribution in [0.1, 0.15) is 40.8 Å². The van der Waals surface area contributed by atoms with Crippen molar-refractivity contribution in [3.8, 4) is 0 Å². The number of amides is 1. The van der Waals surface area contributed by atoms with E-state index in [0.717, 1.165) is 0 Å². The highest BCUT2D eigenvalue weighted by molar-refractivity contribution is 6.02. The van der Waals surface area contributed by atoms with Crippen molar-refractivity contribution in [2.24, 2.45) is 10.7 Å². The van der Waals surface area contributed by atoms with Gasteiger partial charge in [0, 0.05) is 23.6 Å². The largest absolute Gasteiger partial charge is 0.382 e. The van der Waals surface area contributed by atoms with Crippen LogP contribution in [0.15, 0.2) is 48.1 Å². The number of carbonyl (C=O) groups is 1. The number of nitrogens with two attached hydrogens (primary N) is 1. The standard InChI is InChI=1S/C19H16F3N7O/c1-19(8-29-9-26-14(16(21)22)15(29)17(23)28-19)11-6-10(2-3-12(11)20)27-18(30)13-7-24-4-5-25-13/h2-7,9,16H,8H2,1H3,(H2,23,28)(H,27,30)/t19-/m0/s1. The molecule has 1 aromatic carbocycles. The molecule has 1 atom stereocenters. The number of imidazole rings is 1. The fraction of sp³-hybridized carbons (Fsp3) is 0.211. The summed E-state index contributed by atoms with van der Waals surface area (Å²) in [4.78, 5) is 28.1. The summed E-state index contributed by atoms with van der Waals surface area (Å²) in [6.45, 7) is 1.67. The zero-order valence-electron chi connectivity index (χ0n) is 15.7. The number of halogens is 3. The molecule has 8 nitrogen and oxygen atoms in total. The third-order valence-corrected chi connectivity index (χ3v) is 4.76. The number of alkyl halides is 2. The Morgan fingerprint density at radius 1 is 1.30 bits per heavy atom. The number of rotatable bonds is 4. The Balaban J connectivity index is 1.68. The van der Waals surface area contributed by atoms with Crippen LogP contribution in [0.2, 0.25) is 0 Å². The molecule has 2 aromatic heterocycles. The third-order valence-electron chi connectivity index (χ3n) is 4.76. The molecule has 30 heavy (non-hydrogen) atoms. The highest BCUT2D eigenvalue weighted by atomic mass is 19.3. The number of carbonyl (C=O) groups excluding carboxylic acids is 1. The van der Waals surface area contributed by atoms with Crippen LogP contribution in [0.3, 0.4) is 0 Å². The number of nitrogens with one attached hydrogen (secondary N) is 1. The first-order valence-electron chi connectivity index (χ1n) is 8.85. The molecule has 0 spiro atoms. The van der Waals surface area contributed by atoms with E-state index < -0.39 is 29.4 Å². The molecule has 0 saturated heterocycles. The van der Waals surface area contributed by atoms with E-state index in [9.17, 15) is 18.0 Å². The topological polar surface area (TPSA) is 111 Å². The van der Waals surface area contributed by atoms with Gasteiger partial charge in [-0.2, -0.15) is 0 Å². The van der Waals surface area contributed by atoms with Gasteiger partial charge in [-0.15, -0.1) is 0 Å². The Hall–Kier alpha value is -3.76. The van der Waals surface area contributed by atoms with Crippen molar-refractivity contribution < 1.29 is 18.0 Å². The van der Waals surface area contributed by atoms with Gasteiger partial charge in [-0.3, -0.25) is 14.8 Å². The minimum atomic E-state index is -2.81. The van der Waals surface area contributed by atoms with Crippen molar-refractivity contribution in [3.63, 3.8) is 0 Å². The SMILES string of the molecule is C[C@@]1(c2cc(NC(=O)c3cnccn3)ccc2F)Cn2cnc(C(F)F)c2C(N)=N1. The van der Waals surface area contributed by atoms with Crippen LogP contribution < -0.4 is 11.1 Å². The summed E-state index contributed by atoms with van der Waals surface area (Å²) < 4.78 is 42.4. The van der Waals surface area contributed by atoms with Crippen molar-refractivity contribution in [3.05, 3.63) is 71.6 Å². The summed E-state index contributed by atoms with van der Waals surface area (Å²) in [5.41, 5.74) is 4.83. The molecule has 0 radical (unpaired) electrons. The molecule has 1 aliphatic rings. The van der Waals surface area contributed by atoms with Crippen LogP contribution in [-0.2, 0) is 12.1 Å². The molecule has 4 rings (SSSR count). The second-order valence-electron chi connectivity index (χ2n) is 6.92. The van der Waals surface area contributed by atoms with Crippen molar-refractivity contribution in [1.29, 1.82) is 0 Å². The van der Waals surface area contributed by atoms with E-state index in [2.05, 4.69) is 25.3 Å². The van der Waals surface area contributed by atoms with E-state index in [0.29, 0.717) is 5.69 Å². The number of benzene rings is 1. The van der Waals surface area contributed by atoms with Gasteiger partial charge in [-0.25, -0.2) is 23.1 Å². The maximum absolute atomic E-state index is 14.7. The summed E-state index contributed by atoms with van der Waals surface area (Å²) in [6, 6.07) is 4.01. The number of aliphatic imine (C=N–C) groups is 1. The number of aromatic nitrogens is 4. The fourth-order valence-corrected chi connectivity index (χ4v) is 3.41. The van der Waals surface area contributed by atoms with Crippen molar-refractivity contribution >= 4 is 17.4 Å². The molecule has 3 N–H and O–H groups in total. The second kappa shape index (κ2) is 7.25. The van der Waals surface area contributed by atoms with Gasteiger partial charge in [0.2, 0.25) is 0 Å². The summed E-state index contributed by atoms with van der Waals surface area (Å²) in [5.74, 6) is -1.26. The lowest BCUT2D eigenvalue weighted by atomic mass is 9.90. The van der Waals surface area contributed by atoms with E-state index in [1.807, 2.05) is 0 Å². The molecule has 154 valence electrons. The summed E-state index contributed by atoms with van der Waals surface area (Å²) >= 11 is 0. The molecule has 3 aromatic rings. The minimum Gasteiger partial charge on any atom is -0.382 e. The Bertz CT molecular complexity index is 1150. The van der Waals surface area contributed by atoms with Crippen LogP contribution in [0, 0.1) is 5.82 Å². The quantitative estimate of drug-likeness (QED) is 0.681. The molecule has 0 bridgehead atoms. The first kappa shape index (κ1) is 19.6. The number of nitrogens with zero attached hydrogens (tertiary/aromatic N) is 5. The van der Waals surface area contributed by atoms with E-state index in [4.69, 9.17) is 5.73 Å². The first-order valence-corrected chi connectivity index (χ1v) is 8.85. The van der Waals surface area contributed by atoms with Crippen molar-refractivity contribution in [2.75, 3.05) is 5.32 Å². The predicted octanol–water partition coefficient (Wildman–Crippen LogP) is 2.64. The number of hydrogen-bond donors (Lipinski definition) is 2. The highest BCUT2D eigenvalue weighted by Gasteiger charge is 2.37. The zero-order chi connectivity index (χ0) is 21.5. The van der Waals surface area contributed by atoms with Gasteiger partial charge in [0.25, 0.3) is 12.3 Å². The number of hydrogen-bond acceptors (Lipinski definition) is 6. The Labute approximate surface area is 168 Å². The number of anilines is 1. The van der Waals surface area contributed by atoms with Crippen LogP contribution >= 0.6 is 0 Å². The maximum atomic E-state index is 14.7. The summed E-state index contributed by atoms with van der Waals surface area (Å²) in [7, 11) is 0. The molecule has 3 heterocycles. The normalized spacial score (nSPS) is 18.1. The van der Waals surface area contributed by atoms with E-state index in [1.54, 1.807) is 6.92 Å². The fourth-order valence-electron chi connectivity index (χ4n) is 3.41. The van der Waals surface area contributed by atoms with Gasteiger partial charge in [0.1, 0.15) is 34.3 Å². The molecule has 0 saturated carbocycles. The highest BCUT2D eigenvalue weighted by Crippen LogP contribution is 2.36. The smallest absolute Gasteiger partial charge is 0.282 e. The molecular weight excluding hydrogens is 399 g/mol. The summed E-state index contributed by atoms with van der Waals surface area (Å²) in [6.07, 6.45) is 2.53. The lowest BCUT2D eigenvalue weighted by molar-refractivity contribution is 0.102. The van der Waals surface area contributed by atoms with E-state index in [-0.39, 0.29) is 29.3 Å². The molecule has 11 heteroatoms. The monoisotopic (exact) mass is 415 g/mol. The van der Waals surface area contributed by atoms with Crippen molar-refractivity contribution in [1.82, 2.24) is 19.5 Å². The average molecular weight is 415 g/mol. The van der Waals surface area contributed by atoms with E-state index in [1.165, 1.54) is 47.7 Å². The minimum absolute atomic E-state index is 0.0231. The van der Waals surface area contributed by atoms with Gasteiger partial charge in [0.15, 0.2) is 0 Å². The molecule has 0 unspecified atom stereocenters. The lowest BCUT2D eigenvalue weighted by Gasteiger charge is -2.32. The van der Waals surface area contributed by atoms with Crippen molar-refractivity contribution in [2.45, 2.75) is 25.4 Å². The summed E-state index contributed by atoms with van der Waals surface area (Å²) in [5, 5.41) is 2.63. The Kier molecular flexibility index (Phi) is 4.72. The van der Waals surface area contributed by atoms with Crippen LogP contribution in [0.5, 0.6) is 0 Å². The van der Waals surface area contributed by atoms with Gasteiger partial charge < -0.3 is 15.6 Å². The van der Waals surface area contributed by atoms with Gasteiger partial charge in [0.05, 0.1) is 19.1 Å². The molecule has 0 aliphatic carbocycles. The third kappa shape index (κ3) is 3.38. The maximum Gasteiger partial charge on any atom is 0.282 e. The molecular formula is C19H16F3N7O. The average Bonchev–Trinajstić information content (AvgIpc) is 3.14. The predicted molar refractivity (Wildman–Crippen MR) is 102 cm³/mol. The number of amidine groups is 1. The van der Waals surface area contributed by atoms with Crippen LogP contribution in [-0.4, -0.2) is 31.3 Å². The Morgan fingerprint density at radius 2 is 2.10 bits per heavy atom. The molecule has 1 amide bonds. The number of fused-ring (bicyclic) bond motifs is 1. The Morgan fingerprint density at radius 3 is 2.80 bits per heavy atom. The van der Waals surface area contributed by atoms with Crippen LogP contribution in [0.4, 0.5) is 18.9 Å². The zero-order valence-corrected chi connectivity index (χ0v) is 15.7. The van der Waals surface area contributed by atoms with Crippen LogP contribution in [0.25, 0.3) is 0 Å². The lowest BCUT2D eigenvalue weighted by Crippen LogP contribution is -2.37. The van der Waals surface area contributed by atoms with Gasteiger partial charge >= 0.3 is 0 Å². The van der Waals surface area contributed by atoms with Gasteiger partial charge in [-0.05, 0) is 25.1 Å².